The Hall–Kier alpha value is -2.98. The number of hydrogen-bond donors (Lipinski definition) is 3. The Bertz CT molecular complexity index is 1160. The minimum Gasteiger partial charge on any atom is -0.472 e. The molecule has 2 amide bonds. The number of thiazole rings is 1. The number of amides is 2. The van der Waals surface area contributed by atoms with Crippen LogP contribution in [0.25, 0.3) is 0 Å². The van der Waals surface area contributed by atoms with Gasteiger partial charge in [-0.1, -0.05) is 38.7 Å². The lowest BCUT2D eigenvalue weighted by atomic mass is 9.95. The topological polar surface area (TPSA) is 95.6 Å². The molecule has 10 heteroatoms. The number of likely N-dealkylation sites (tertiary alicyclic amines) is 1. The SMILES string of the molecule is C=CC(=O)Nc1ccc(C(=O)N2CCC[C@@H](Nc3ncc(SCC4NC=C(C(C)(C)C)O4)s3)C2C)cc1. The molecule has 198 valence electrons. The Morgan fingerprint density at radius 3 is 2.76 bits per heavy atom. The first kappa shape index (κ1) is 27.1. The molecular weight excluding hydrogens is 506 g/mol. The molecule has 8 nitrogen and oxygen atoms in total. The van der Waals surface area contributed by atoms with E-state index in [2.05, 4.69) is 55.2 Å². The van der Waals surface area contributed by atoms with E-state index in [4.69, 9.17) is 4.74 Å². The van der Waals surface area contributed by atoms with E-state index in [1.807, 2.05) is 17.3 Å². The number of ether oxygens (including phenoxy) is 1. The smallest absolute Gasteiger partial charge is 0.254 e. The molecule has 2 aliphatic rings. The summed E-state index contributed by atoms with van der Waals surface area (Å²) in [7, 11) is 0. The Balaban J connectivity index is 1.30. The van der Waals surface area contributed by atoms with Gasteiger partial charge in [0.1, 0.15) is 5.76 Å². The van der Waals surface area contributed by atoms with E-state index in [9.17, 15) is 9.59 Å². The predicted octanol–water partition coefficient (Wildman–Crippen LogP) is 5.30. The quantitative estimate of drug-likeness (QED) is 0.308. The van der Waals surface area contributed by atoms with E-state index in [1.54, 1.807) is 47.4 Å². The van der Waals surface area contributed by atoms with Crippen LogP contribution < -0.4 is 16.0 Å². The summed E-state index contributed by atoms with van der Waals surface area (Å²) >= 11 is 3.35. The molecule has 37 heavy (non-hydrogen) atoms. The van der Waals surface area contributed by atoms with Crippen LogP contribution in [0.15, 0.2) is 59.3 Å². The highest BCUT2D eigenvalue weighted by atomic mass is 32.2. The average Bonchev–Trinajstić information content (AvgIpc) is 3.54. The first-order valence-corrected chi connectivity index (χ1v) is 14.3. The van der Waals surface area contributed by atoms with Gasteiger partial charge in [-0.3, -0.25) is 9.59 Å². The van der Waals surface area contributed by atoms with Gasteiger partial charge in [0, 0.05) is 41.5 Å². The van der Waals surface area contributed by atoms with Gasteiger partial charge in [0.15, 0.2) is 11.4 Å². The highest BCUT2D eigenvalue weighted by Crippen LogP contribution is 2.34. The van der Waals surface area contributed by atoms with Gasteiger partial charge in [-0.15, -0.1) is 11.8 Å². The van der Waals surface area contributed by atoms with Crippen molar-refractivity contribution in [3.05, 3.63) is 60.6 Å². The van der Waals surface area contributed by atoms with Crippen molar-refractivity contribution in [2.45, 2.75) is 63.1 Å². The van der Waals surface area contributed by atoms with Crippen LogP contribution >= 0.6 is 23.1 Å². The fraction of sp³-hybridized carbons (Fsp3) is 0.444. The summed E-state index contributed by atoms with van der Waals surface area (Å²) in [5.41, 5.74) is 1.22. The number of hydrogen-bond acceptors (Lipinski definition) is 8. The minimum atomic E-state index is -0.281. The highest BCUT2D eigenvalue weighted by Gasteiger charge is 2.32. The van der Waals surface area contributed by atoms with Gasteiger partial charge in [-0.25, -0.2) is 4.98 Å². The summed E-state index contributed by atoms with van der Waals surface area (Å²) in [6.45, 7) is 12.7. The second-order valence-electron chi connectivity index (χ2n) is 10.2. The van der Waals surface area contributed by atoms with Crippen molar-refractivity contribution >= 4 is 45.7 Å². The highest BCUT2D eigenvalue weighted by molar-refractivity contribution is 8.01. The van der Waals surface area contributed by atoms with Crippen LogP contribution in [0, 0.1) is 5.41 Å². The molecule has 2 aromatic rings. The molecule has 1 fully saturated rings. The normalized spacial score (nSPS) is 21.5. The maximum absolute atomic E-state index is 13.3. The van der Waals surface area contributed by atoms with Crippen molar-refractivity contribution in [1.29, 1.82) is 0 Å². The summed E-state index contributed by atoms with van der Waals surface area (Å²) in [6.07, 6.45) is 6.93. The predicted molar refractivity (Wildman–Crippen MR) is 151 cm³/mol. The summed E-state index contributed by atoms with van der Waals surface area (Å²) in [5.74, 6) is 1.47. The Kier molecular flexibility index (Phi) is 8.49. The van der Waals surface area contributed by atoms with Gasteiger partial charge >= 0.3 is 0 Å². The zero-order chi connectivity index (χ0) is 26.6. The monoisotopic (exact) mass is 541 g/mol. The number of carbonyl (C=O) groups excluding carboxylic acids is 2. The third kappa shape index (κ3) is 6.87. The van der Waals surface area contributed by atoms with E-state index >= 15 is 0 Å². The van der Waals surface area contributed by atoms with Gasteiger partial charge in [-0.2, -0.15) is 0 Å². The standard InChI is InChI=1S/C27H35N5O3S2/c1-6-22(33)30-19-11-9-18(10-12-19)25(34)32-13-7-8-20(17(32)2)31-26-29-15-24(37-26)36-16-23-28-14-21(35-23)27(3,4)5/h6,9-12,14-15,17,20,23,28H,1,7-8,13,16H2,2-5H3,(H,29,31)(H,30,33)/t17?,20-,23?/m1/s1. The van der Waals surface area contributed by atoms with Gasteiger partial charge in [0.25, 0.3) is 5.91 Å². The lowest BCUT2D eigenvalue weighted by Crippen LogP contribution is -2.52. The first-order chi connectivity index (χ1) is 17.6. The second-order valence-corrected chi connectivity index (χ2v) is 12.6. The molecule has 1 aromatic carbocycles. The number of aromatic nitrogens is 1. The zero-order valence-corrected chi connectivity index (χ0v) is 23.4. The van der Waals surface area contributed by atoms with Crippen LogP contribution in [-0.2, 0) is 9.53 Å². The lowest BCUT2D eigenvalue weighted by molar-refractivity contribution is -0.111. The van der Waals surface area contributed by atoms with Crippen molar-refractivity contribution in [2.75, 3.05) is 22.9 Å². The average molecular weight is 542 g/mol. The third-order valence-electron chi connectivity index (χ3n) is 6.41. The van der Waals surface area contributed by atoms with Crippen molar-refractivity contribution in [2.24, 2.45) is 5.41 Å². The summed E-state index contributed by atoms with van der Waals surface area (Å²) < 4.78 is 7.15. The van der Waals surface area contributed by atoms with Crippen LogP contribution in [0.4, 0.5) is 10.8 Å². The second kappa shape index (κ2) is 11.6. The van der Waals surface area contributed by atoms with Crippen LogP contribution in [0.5, 0.6) is 0 Å². The Morgan fingerprint density at radius 1 is 1.32 bits per heavy atom. The number of allylic oxidation sites excluding steroid dienone is 1. The summed E-state index contributed by atoms with van der Waals surface area (Å²) in [4.78, 5) is 31.2. The number of carbonyl (C=O) groups is 2. The number of thioether (sulfide) groups is 1. The van der Waals surface area contributed by atoms with Crippen molar-refractivity contribution in [3.63, 3.8) is 0 Å². The van der Waals surface area contributed by atoms with Crippen LogP contribution in [-0.4, -0.2) is 52.3 Å². The fourth-order valence-corrected chi connectivity index (χ4v) is 6.15. The molecule has 1 saturated heterocycles. The van der Waals surface area contributed by atoms with Crippen molar-refractivity contribution < 1.29 is 14.3 Å². The molecule has 2 aliphatic heterocycles. The third-order valence-corrected chi connectivity index (χ3v) is 8.60. The number of piperidine rings is 1. The Morgan fingerprint density at radius 2 is 2.08 bits per heavy atom. The van der Waals surface area contributed by atoms with Gasteiger partial charge in [-0.05, 0) is 50.1 Å². The number of anilines is 2. The molecule has 3 heterocycles. The molecule has 3 N–H and O–H groups in total. The first-order valence-electron chi connectivity index (χ1n) is 12.5. The molecule has 0 radical (unpaired) electrons. The summed E-state index contributed by atoms with van der Waals surface area (Å²) in [6, 6.07) is 7.10. The van der Waals surface area contributed by atoms with E-state index < -0.39 is 0 Å². The lowest BCUT2D eigenvalue weighted by Gasteiger charge is -2.39. The fourth-order valence-electron chi connectivity index (χ4n) is 4.25. The summed E-state index contributed by atoms with van der Waals surface area (Å²) in [5, 5.41) is 10.4. The molecule has 2 unspecified atom stereocenters. The molecule has 0 aliphatic carbocycles. The van der Waals surface area contributed by atoms with E-state index in [1.165, 1.54) is 6.08 Å². The molecule has 0 bridgehead atoms. The maximum atomic E-state index is 13.3. The van der Waals surface area contributed by atoms with E-state index in [-0.39, 0.29) is 35.5 Å². The molecule has 4 rings (SSSR count). The number of nitrogens with zero attached hydrogens (tertiary/aromatic N) is 2. The van der Waals surface area contributed by atoms with Crippen LogP contribution in [0.1, 0.15) is 50.9 Å². The van der Waals surface area contributed by atoms with Gasteiger partial charge < -0.3 is 25.6 Å². The molecule has 1 aromatic heterocycles. The largest absolute Gasteiger partial charge is 0.472 e. The van der Waals surface area contributed by atoms with Gasteiger partial charge in [0.2, 0.25) is 5.91 Å². The van der Waals surface area contributed by atoms with Crippen LogP contribution in [0.3, 0.4) is 0 Å². The number of rotatable bonds is 8. The minimum absolute atomic E-state index is 0.00748. The maximum Gasteiger partial charge on any atom is 0.254 e. The van der Waals surface area contributed by atoms with Crippen molar-refractivity contribution in [3.8, 4) is 0 Å². The van der Waals surface area contributed by atoms with E-state index in [0.29, 0.717) is 17.8 Å². The molecule has 3 atom stereocenters. The molecule has 0 spiro atoms. The van der Waals surface area contributed by atoms with Crippen molar-refractivity contribution in [1.82, 2.24) is 15.2 Å². The molecule has 0 saturated carbocycles. The zero-order valence-electron chi connectivity index (χ0n) is 21.7. The number of nitrogens with one attached hydrogen (secondary N) is 3. The van der Waals surface area contributed by atoms with Crippen LogP contribution in [0.2, 0.25) is 0 Å². The molecular formula is C27H35N5O3S2. The van der Waals surface area contributed by atoms with E-state index in [0.717, 1.165) is 33.7 Å². The number of benzene rings is 1. The van der Waals surface area contributed by atoms with Gasteiger partial charge in [0.05, 0.1) is 16.2 Å². The Labute approximate surface area is 226 Å².